The molecule has 0 aliphatic heterocycles. The fourth-order valence-electron chi connectivity index (χ4n) is 6.13. The zero-order chi connectivity index (χ0) is 34.8. The van der Waals surface area contributed by atoms with Gasteiger partial charge in [0.1, 0.15) is 24.1 Å². The van der Waals surface area contributed by atoms with Gasteiger partial charge in [0.25, 0.3) is 10.0 Å². The van der Waals surface area contributed by atoms with Gasteiger partial charge in [0.15, 0.2) is 0 Å². The van der Waals surface area contributed by atoms with E-state index < -0.39 is 28.5 Å². The second kappa shape index (κ2) is 16.5. The van der Waals surface area contributed by atoms with E-state index in [1.165, 1.54) is 17.0 Å². The van der Waals surface area contributed by atoms with E-state index in [-0.39, 0.29) is 29.8 Å². The van der Waals surface area contributed by atoms with E-state index in [4.69, 9.17) is 9.47 Å². The summed E-state index contributed by atoms with van der Waals surface area (Å²) in [4.78, 5) is 30.5. The number of carbonyl (C=O) groups excluding carboxylic acids is 2. The van der Waals surface area contributed by atoms with Gasteiger partial charge in [-0.2, -0.15) is 0 Å². The van der Waals surface area contributed by atoms with Crippen LogP contribution < -0.4 is 19.1 Å². The largest absolute Gasteiger partial charge is 0.497 e. The first kappa shape index (κ1) is 35.5. The maximum absolute atomic E-state index is 14.7. The topological polar surface area (TPSA) is 105 Å². The monoisotopic (exact) mass is 683 g/mol. The summed E-state index contributed by atoms with van der Waals surface area (Å²) in [7, 11) is -2.64. The third-order valence-corrected chi connectivity index (χ3v) is 10.6. The van der Waals surface area contributed by atoms with E-state index >= 15 is 0 Å². The Hall–Kier alpha value is -4.83. The molecule has 1 N–H and O–H groups in total. The molecule has 2 amide bonds. The van der Waals surface area contributed by atoms with Gasteiger partial charge >= 0.3 is 0 Å². The van der Waals surface area contributed by atoms with Crippen molar-refractivity contribution in [1.82, 2.24) is 10.2 Å². The molecule has 1 atom stereocenters. The van der Waals surface area contributed by atoms with Crippen molar-refractivity contribution in [2.45, 2.75) is 69.5 Å². The lowest BCUT2D eigenvalue weighted by molar-refractivity contribution is -0.140. The fraction of sp³-hybridized carbons (Fsp3) is 0.333. The first-order valence-electron chi connectivity index (χ1n) is 16.8. The number of aryl methyl sites for hydroxylation is 1. The van der Waals surface area contributed by atoms with Crippen LogP contribution >= 0.6 is 0 Å². The summed E-state index contributed by atoms with van der Waals surface area (Å²) in [6.07, 6.45) is 4.09. The van der Waals surface area contributed by atoms with Crippen molar-refractivity contribution in [1.29, 1.82) is 0 Å². The number of nitrogens with zero attached hydrogens (tertiary/aromatic N) is 2. The van der Waals surface area contributed by atoms with Gasteiger partial charge in [0.2, 0.25) is 11.8 Å². The van der Waals surface area contributed by atoms with Gasteiger partial charge in [0, 0.05) is 19.0 Å². The summed E-state index contributed by atoms with van der Waals surface area (Å²) in [6, 6.07) is 29.2. The van der Waals surface area contributed by atoms with Crippen LogP contribution in [0, 0.1) is 6.92 Å². The normalized spacial score (nSPS) is 13.8. The van der Waals surface area contributed by atoms with Crippen LogP contribution in [0.25, 0.3) is 0 Å². The first-order valence-corrected chi connectivity index (χ1v) is 18.2. The summed E-state index contributed by atoms with van der Waals surface area (Å²) in [5.74, 6) is 0.408. The van der Waals surface area contributed by atoms with Crippen molar-refractivity contribution in [3.05, 3.63) is 120 Å². The van der Waals surface area contributed by atoms with Crippen LogP contribution in [0.3, 0.4) is 0 Å². The number of rotatable bonds is 15. The number of hydrogen-bond donors (Lipinski definition) is 1. The van der Waals surface area contributed by atoms with Crippen molar-refractivity contribution >= 4 is 27.5 Å². The second-order valence-corrected chi connectivity index (χ2v) is 14.2. The Bertz CT molecular complexity index is 1790. The van der Waals surface area contributed by atoms with Crippen LogP contribution in [0.2, 0.25) is 0 Å². The summed E-state index contributed by atoms with van der Waals surface area (Å²) in [5, 5.41) is 3.20. The third-order valence-electron chi connectivity index (χ3n) is 8.78. The Balaban J connectivity index is 1.57. The van der Waals surface area contributed by atoms with Crippen LogP contribution in [0.4, 0.5) is 5.69 Å². The maximum Gasteiger partial charge on any atom is 0.264 e. The smallest absolute Gasteiger partial charge is 0.264 e. The van der Waals surface area contributed by atoms with Crippen molar-refractivity contribution in [3.63, 3.8) is 0 Å². The Morgan fingerprint density at radius 2 is 1.53 bits per heavy atom. The van der Waals surface area contributed by atoms with E-state index in [9.17, 15) is 18.0 Å². The van der Waals surface area contributed by atoms with Gasteiger partial charge in [0.05, 0.1) is 24.3 Å². The zero-order valence-electron chi connectivity index (χ0n) is 28.4. The SMILES string of the molecule is CCOc1ccc(N(CC(=O)N(Cc2cccc(OC)c2)[C@H](Cc2ccccc2)C(=O)NC2CCCC2)S(=O)(=O)c2ccc(C)cc2)cc1. The number of ether oxygens (including phenoxy) is 2. The van der Waals surface area contributed by atoms with Crippen molar-refractivity contribution in [2.24, 2.45) is 0 Å². The number of carbonyl (C=O) groups is 2. The molecule has 5 rings (SSSR count). The molecule has 0 radical (unpaired) electrons. The van der Waals surface area contributed by atoms with E-state index in [1.807, 2.05) is 68.4 Å². The lowest BCUT2D eigenvalue weighted by Crippen LogP contribution is -2.54. The molecule has 0 saturated heterocycles. The van der Waals surface area contributed by atoms with E-state index in [1.54, 1.807) is 43.5 Å². The van der Waals surface area contributed by atoms with Gasteiger partial charge in [-0.3, -0.25) is 13.9 Å². The van der Waals surface area contributed by atoms with Crippen LogP contribution in [0.1, 0.15) is 49.3 Å². The van der Waals surface area contributed by atoms with Crippen LogP contribution in [0.15, 0.2) is 108 Å². The fourth-order valence-corrected chi connectivity index (χ4v) is 7.54. The minimum Gasteiger partial charge on any atom is -0.497 e. The molecule has 0 unspecified atom stereocenters. The zero-order valence-corrected chi connectivity index (χ0v) is 29.2. The molecule has 1 aliphatic rings. The molecule has 258 valence electrons. The molecule has 0 spiro atoms. The summed E-state index contributed by atoms with van der Waals surface area (Å²) in [6.45, 7) is 3.73. The molecular weight excluding hydrogens is 639 g/mol. The van der Waals surface area contributed by atoms with Crippen molar-refractivity contribution in [2.75, 3.05) is 24.6 Å². The predicted octanol–water partition coefficient (Wildman–Crippen LogP) is 6.30. The van der Waals surface area contributed by atoms with Gasteiger partial charge in [-0.25, -0.2) is 8.42 Å². The van der Waals surface area contributed by atoms with E-state index in [0.29, 0.717) is 23.8 Å². The Morgan fingerprint density at radius 1 is 0.857 bits per heavy atom. The van der Waals surface area contributed by atoms with Crippen LogP contribution in [-0.2, 0) is 32.6 Å². The molecule has 1 aliphatic carbocycles. The molecule has 1 fully saturated rings. The number of anilines is 1. The summed E-state index contributed by atoms with van der Waals surface area (Å²) >= 11 is 0. The number of benzene rings is 4. The number of nitrogens with one attached hydrogen (secondary N) is 1. The lowest BCUT2D eigenvalue weighted by atomic mass is 10.0. The lowest BCUT2D eigenvalue weighted by Gasteiger charge is -2.34. The van der Waals surface area contributed by atoms with Gasteiger partial charge in [-0.05, 0) is 86.3 Å². The molecule has 1 saturated carbocycles. The molecule has 4 aromatic rings. The molecule has 0 aromatic heterocycles. The highest BCUT2D eigenvalue weighted by atomic mass is 32.2. The minimum atomic E-state index is -4.21. The Labute approximate surface area is 289 Å². The molecule has 0 heterocycles. The van der Waals surface area contributed by atoms with E-state index in [0.717, 1.165) is 46.7 Å². The highest BCUT2D eigenvalue weighted by Gasteiger charge is 2.35. The number of amides is 2. The molecule has 4 aromatic carbocycles. The number of methoxy groups -OCH3 is 1. The third kappa shape index (κ3) is 9.20. The van der Waals surface area contributed by atoms with Gasteiger partial charge < -0.3 is 19.7 Å². The standard InChI is InChI=1S/C39H45N3O6S/c1-4-48-34-21-19-33(20-22-34)42(49(45,46)36-23-17-29(2)18-24-36)28-38(43)41(27-31-13-10-16-35(25-31)47-3)37(26-30-11-6-5-7-12-30)39(44)40-32-14-8-9-15-32/h5-7,10-13,16-25,32,37H,4,8-9,14-15,26-28H2,1-3H3,(H,40,44)/t37-/m1/s1. The van der Waals surface area contributed by atoms with Crippen LogP contribution in [-0.4, -0.2) is 57.5 Å². The van der Waals surface area contributed by atoms with Crippen molar-refractivity contribution in [3.8, 4) is 11.5 Å². The van der Waals surface area contributed by atoms with Gasteiger partial charge in [-0.1, -0.05) is 73.0 Å². The number of hydrogen-bond acceptors (Lipinski definition) is 6. The van der Waals surface area contributed by atoms with Crippen LogP contribution in [0.5, 0.6) is 11.5 Å². The Morgan fingerprint density at radius 3 is 2.18 bits per heavy atom. The molecular formula is C39H45N3O6S. The minimum absolute atomic E-state index is 0.0295. The average Bonchev–Trinajstić information content (AvgIpc) is 3.63. The predicted molar refractivity (Wildman–Crippen MR) is 191 cm³/mol. The van der Waals surface area contributed by atoms with E-state index in [2.05, 4.69) is 5.32 Å². The maximum atomic E-state index is 14.7. The highest BCUT2D eigenvalue weighted by molar-refractivity contribution is 7.92. The second-order valence-electron chi connectivity index (χ2n) is 12.3. The highest BCUT2D eigenvalue weighted by Crippen LogP contribution is 2.28. The first-order chi connectivity index (χ1) is 23.7. The van der Waals surface area contributed by atoms with Crippen molar-refractivity contribution < 1.29 is 27.5 Å². The molecule has 9 nitrogen and oxygen atoms in total. The molecule has 0 bridgehead atoms. The Kier molecular flexibility index (Phi) is 12.0. The summed E-state index contributed by atoms with van der Waals surface area (Å²) < 4.78 is 40.8. The quantitative estimate of drug-likeness (QED) is 0.158. The molecule has 10 heteroatoms. The molecule has 49 heavy (non-hydrogen) atoms. The van der Waals surface area contributed by atoms with Gasteiger partial charge in [-0.15, -0.1) is 0 Å². The summed E-state index contributed by atoms with van der Waals surface area (Å²) in [5.41, 5.74) is 2.83. The number of sulfonamides is 1. The average molecular weight is 684 g/mol.